The summed E-state index contributed by atoms with van der Waals surface area (Å²) in [6, 6.07) is 0. The van der Waals surface area contributed by atoms with Gasteiger partial charge in [-0.2, -0.15) is 0 Å². The Hall–Kier alpha value is -0.780. The van der Waals surface area contributed by atoms with Crippen molar-refractivity contribution in [2.24, 2.45) is 0 Å². The van der Waals surface area contributed by atoms with Crippen molar-refractivity contribution in [1.82, 2.24) is 0 Å². The normalized spacial score (nSPS) is 8.91. The van der Waals surface area contributed by atoms with E-state index in [1.807, 2.05) is 6.08 Å². The average molecular weight is 150 g/mol. The summed E-state index contributed by atoms with van der Waals surface area (Å²) in [6.45, 7) is 12.0. The van der Waals surface area contributed by atoms with E-state index < -0.39 is 0 Å². The third-order valence-electron chi connectivity index (χ3n) is 1.72. The molecule has 0 unspecified atom stereocenters. The second-order valence-electron chi connectivity index (χ2n) is 2.66. The highest BCUT2D eigenvalue weighted by atomic mass is 14.0. The molecule has 0 aliphatic rings. The van der Waals surface area contributed by atoms with Crippen LogP contribution >= 0.6 is 0 Å². The second-order valence-corrected chi connectivity index (χ2v) is 2.66. The second kappa shape index (κ2) is 5.96. The van der Waals surface area contributed by atoms with E-state index in [0.717, 1.165) is 19.3 Å². The Bertz CT molecular complexity index is 155. The predicted octanol–water partition coefficient (Wildman–Crippen LogP) is 3.87. The molecule has 0 aromatic carbocycles. The molecule has 0 heteroatoms. The third-order valence-corrected chi connectivity index (χ3v) is 1.72. The van der Waals surface area contributed by atoms with Gasteiger partial charge in [-0.05, 0) is 19.3 Å². The lowest BCUT2D eigenvalue weighted by molar-refractivity contribution is 0.971. The minimum atomic E-state index is 0.906. The molecular weight excluding hydrogens is 132 g/mol. The fourth-order valence-corrected chi connectivity index (χ4v) is 0.987. The molecule has 0 saturated carbocycles. The first-order valence-corrected chi connectivity index (χ1v) is 4.22. The van der Waals surface area contributed by atoms with Crippen molar-refractivity contribution in [3.63, 3.8) is 0 Å². The number of rotatable bonds is 5. The van der Waals surface area contributed by atoms with Gasteiger partial charge in [0.1, 0.15) is 0 Å². The van der Waals surface area contributed by atoms with Crippen LogP contribution in [-0.4, -0.2) is 0 Å². The smallest absolute Gasteiger partial charge is 0.0106 e. The van der Waals surface area contributed by atoms with E-state index in [2.05, 4.69) is 33.1 Å². The molecular formula is C11H18. The first-order chi connectivity index (χ1) is 5.24. The van der Waals surface area contributed by atoms with E-state index in [4.69, 9.17) is 0 Å². The van der Waals surface area contributed by atoms with Gasteiger partial charge in [0.25, 0.3) is 0 Å². The Labute approximate surface area is 70.3 Å². The lowest BCUT2D eigenvalue weighted by atomic mass is 10.1. The number of hydrogen-bond acceptors (Lipinski definition) is 0. The molecule has 0 saturated heterocycles. The maximum atomic E-state index is 3.93. The van der Waals surface area contributed by atoms with Crippen molar-refractivity contribution in [2.75, 3.05) is 0 Å². The van der Waals surface area contributed by atoms with Crippen LogP contribution in [0.2, 0.25) is 0 Å². The molecule has 0 fully saturated rings. The zero-order valence-corrected chi connectivity index (χ0v) is 7.69. The molecule has 11 heavy (non-hydrogen) atoms. The van der Waals surface area contributed by atoms with Gasteiger partial charge < -0.3 is 0 Å². The van der Waals surface area contributed by atoms with Crippen molar-refractivity contribution in [1.29, 1.82) is 0 Å². The molecule has 0 radical (unpaired) electrons. The molecule has 0 heterocycles. The van der Waals surface area contributed by atoms with E-state index in [0.29, 0.717) is 0 Å². The lowest BCUT2D eigenvalue weighted by Crippen LogP contribution is -1.80. The van der Waals surface area contributed by atoms with Gasteiger partial charge in [-0.15, -0.1) is 6.58 Å². The maximum Gasteiger partial charge on any atom is -0.0106 e. The number of hydrogen-bond donors (Lipinski definition) is 0. The Kier molecular flexibility index (Phi) is 5.54. The van der Waals surface area contributed by atoms with Crippen LogP contribution in [0.3, 0.4) is 0 Å². The van der Waals surface area contributed by atoms with Gasteiger partial charge in [0.2, 0.25) is 0 Å². The highest BCUT2D eigenvalue weighted by molar-refractivity contribution is 5.22. The third kappa shape index (κ3) is 4.60. The predicted molar refractivity (Wildman–Crippen MR) is 52.6 cm³/mol. The SMILES string of the molecule is C=CCC(=C)C=C(CC)CC. The van der Waals surface area contributed by atoms with E-state index in [9.17, 15) is 0 Å². The van der Waals surface area contributed by atoms with Crippen molar-refractivity contribution in [3.05, 3.63) is 36.5 Å². The molecule has 0 rings (SSSR count). The van der Waals surface area contributed by atoms with Crippen LogP contribution in [0, 0.1) is 0 Å². The quantitative estimate of drug-likeness (QED) is 0.412. The molecule has 0 aliphatic carbocycles. The summed E-state index contributed by atoms with van der Waals surface area (Å²) in [7, 11) is 0. The van der Waals surface area contributed by atoms with Gasteiger partial charge in [-0.1, -0.05) is 43.7 Å². The van der Waals surface area contributed by atoms with Gasteiger partial charge in [0.15, 0.2) is 0 Å². The van der Waals surface area contributed by atoms with Crippen LogP contribution in [0.25, 0.3) is 0 Å². The Morgan fingerprint density at radius 2 is 1.82 bits per heavy atom. The fraction of sp³-hybridized carbons (Fsp3) is 0.455. The minimum Gasteiger partial charge on any atom is -0.103 e. The Morgan fingerprint density at radius 3 is 2.18 bits per heavy atom. The molecule has 0 aliphatic heterocycles. The molecule has 62 valence electrons. The van der Waals surface area contributed by atoms with E-state index in [1.54, 1.807) is 0 Å². The van der Waals surface area contributed by atoms with Crippen LogP contribution in [0.4, 0.5) is 0 Å². The molecule has 0 N–H and O–H groups in total. The first-order valence-electron chi connectivity index (χ1n) is 4.22. The van der Waals surface area contributed by atoms with Crippen LogP contribution in [0.5, 0.6) is 0 Å². The molecule has 0 spiro atoms. The molecule has 0 aromatic rings. The molecule has 0 amide bonds. The summed E-state index contributed by atoms with van der Waals surface area (Å²) < 4.78 is 0. The standard InChI is InChI=1S/C11H18/c1-5-8-10(4)9-11(6-2)7-3/h5,9H,1,4,6-8H2,2-3H3. The van der Waals surface area contributed by atoms with Crippen LogP contribution in [0.15, 0.2) is 36.5 Å². The summed E-state index contributed by atoms with van der Waals surface area (Å²) >= 11 is 0. The molecule has 0 atom stereocenters. The van der Waals surface area contributed by atoms with Gasteiger partial charge >= 0.3 is 0 Å². The Balaban J connectivity index is 4.02. The van der Waals surface area contributed by atoms with Gasteiger partial charge in [-0.25, -0.2) is 0 Å². The zero-order valence-electron chi connectivity index (χ0n) is 7.69. The van der Waals surface area contributed by atoms with E-state index in [-0.39, 0.29) is 0 Å². The molecule has 0 nitrogen and oxygen atoms in total. The minimum absolute atomic E-state index is 0.906. The summed E-state index contributed by atoms with van der Waals surface area (Å²) in [5.41, 5.74) is 2.63. The van der Waals surface area contributed by atoms with Gasteiger partial charge in [0.05, 0.1) is 0 Å². The maximum absolute atomic E-state index is 3.93. The van der Waals surface area contributed by atoms with E-state index in [1.165, 1.54) is 11.1 Å². The topological polar surface area (TPSA) is 0 Å². The van der Waals surface area contributed by atoms with Crippen molar-refractivity contribution in [2.45, 2.75) is 33.1 Å². The van der Waals surface area contributed by atoms with E-state index >= 15 is 0 Å². The average Bonchev–Trinajstić information content (AvgIpc) is 2.01. The molecule has 0 aromatic heterocycles. The van der Waals surface area contributed by atoms with Gasteiger partial charge in [-0.3, -0.25) is 0 Å². The van der Waals surface area contributed by atoms with Crippen LogP contribution in [0.1, 0.15) is 33.1 Å². The largest absolute Gasteiger partial charge is 0.103 e. The highest BCUT2D eigenvalue weighted by Crippen LogP contribution is 2.11. The van der Waals surface area contributed by atoms with Crippen LogP contribution in [-0.2, 0) is 0 Å². The van der Waals surface area contributed by atoms with Gasteiger partial charge in [0, 0.05) is 0 Å². The summed E-state index contributed by atoms with van der Waals surface area (Å²) in [5, 5.41) is 0. The molecule has 0 bridgehead atoms. The monoisotopic (exact) mass is 150 g/mol. The lowest BCUT2D eigenvalue weighted by Gasteiger charge is -2.00. The zero-order chi connectivity index (χ0) is 8.69. The summed E-state index contributed by atoms with van der Waals surface area (Å²) in [4.78, 5) is 0. The summed E-state index contributed by atoms with van der Waals surface area (Å²) in [6.07, 6.45) is 7.24. The highest BCUT2D eigenvalue weighted by Gasteiger charge is 1.90. The fourth-order valence-electron chi connectivity index (χ4n) is 0.987. The first kappa shape index (κ1) is 10.2. The number of allylic oxidation sites excluding steroid dienone is 4. The van der Waals surface area contributed by atoms with Crippen molar-refractivity contribution >= 4 is 0 Å². The van der Waals surface area contributed by atoms with Crippen LogP contribution < -0.4 is 0 Å². The Morgan fingerprint density at radius 1 is 1.27 bits per heavy atom. The van der Waals surface area contributed by atoms with Crippen molar-refractivity contribution < 1.29 is 0 Å². The summed E-state index contributed by atoms with van der Waals surface area (Å²) in [5.74, 6) is 0. The van der Waals surface area contributed by atoms with Crippen molar-refractivity contribution in [3.8, 4) is 0 Å².